The fraction of sp³-hybridized carbons (Fsp3) is 0.568. The number of fused-ring (bicyclic) bond motifs is 8. The van der Waals surface area contributed by atoms with E-state index in [1.165, 1.54) is 18.1 Å². The number of esters is 1. The summed E-state index contributed by atoms with van der Waals surface area (Å²) in [5, 5.41) is 0. The molecule has 2 aromatic rings. The average Bonchev–Trinajstić information content (AvgIpc) is 3.98. The highest BCUT2D eigenvalue weighted by Crippen LogP contribution is 2.68. The summed E-state index contributed by atoms with van der Waals surface area (Å²) >= 11 is 0. The summed E-state index contributed by atoms with van der Waals surface area (Å²) in [7, 11) is 0. The van der Waals surface area contributed by atoms with Gasteiger partial charge in [-0.1, -0.05) is 37.6 Å². The van der Waals surface area contributed by atoms with Crippen molar-refractivity contribution in [3.63, 3.8) is 0 Å². The number of benzene rings is 2. The number of ketones is 2. The summed E-state index contributed by atoms with van der Waals surface area (Å²) in [6, 6.07) is 12.1. The van der Waals surface area contributed by atoms with Crippen LogP contribution < -0.4 is 18.9 Å². The predicted molar refractivity (Wildman–Crippen MR) is 196 cm³/mol. The molecule has 0 radical (unpaired) electrons. The van der Waals surface area contributed by atoms with E-state index in [9.17, 15) is 14.4 Å². The lowest BCUT2D eigenvalue weighted by Gasteiger charge is -2.58. The van der Waals surface area contributed by atoms with Crippen LogP contribution in [0.4, 0.5) is 0 Å². The standard InChI is InChI=1S/C24H32O4.C20H18O6/c1-14-12-18-19(22(4)9-6-17(27)13-21(14)22)7-10-23(5)20(18)8-11-24(23,15(2)25)28-16(3)26;1-3-15-17(25-9-23-15)5-11(1)19-13-7-22-20(14(13)8-21-19)12-2-4-16-18(6-12)26-10-24-16/h12-13,18-20H,6-11H2,1-5H3;1-6,13-14,19-20H,7-10H2. The van der Waals surface area contributed by atoms with E-state index >= 15 is 0 Å². The Hall–Kier alpha value is -4.15. The minimum Gasteiger partial charge on any atom is -0.454 e. The van der Waals surface area contributed by atoms with Crippen LogP contribution in [0.2, 0.25) is 0 Å². The summed E-state index contributed by atoms with van der Waals surface area (Å²) < 4.78 is 40.0. The zero-order valence-electron chi connectivity index (χ0n) is 31.8. The van der Waals surface area contributed by atoms with E-state index in [-0.39, 0.29) is 54.2 Å². The van der Waals surface area contributed by atoms with E-state index in [4.69, 9.17) is 33.2 Å². The van der Waals surface area contributed by atoms with Gasteiger partial charge in [-0.2, -0.15) is 0 Å². The first-order chi connectivity index (χ1) is 25.9. The summed E-state index contributed by atoms with van der Waals surface area (Å²) in [6.45, 7) is 11.6. The number of Topliss-reactive ketones (excluding diaryl/α,β-unsaturated/α-hetero) is 1. The largest absolute Gasteiger partial charge is 0.454 e. The molecule has 4 fully saturated rings. The van der Waals surface area contributed by atoms with E-state index in [1.807, 2.05) is 30.3 Å². The fourth-order valence-corrected chi connectivity index (χ4v) is 11.9. The van der Waals surface area contributed by atoms with Crippen LogP contribution in [0.1, 0.15) is 96.5 Å². The highest BCUT2D eigenvalue weighted by molar-refractivity contribution is 5.92. The van der Waals surface area contributed by atoms with Gasteiger partial charge in [0, 0.05) is 30.6 Å². The fourth-order valence-electron chi connectivity index (χ4n) is 11.9. The molecule has 4 aliphatic heterocycles. The van der Waals surface area contributed by atoms with Gasteiger partial charge in [-0.25, -0.2) is 0 Å². The molecule has 0 amide bonds. The molecule has 0 bridgehead atoms. The van der Waals surface area contributed by atoms with Crippen LogP contribution in [0.5, 0.6) is 23.0 Å². The molecule has 0 N–H and O–H groups in total. The van der Waals surface area contributed by atoms with E-state index < -0.39 is 5.60 Å². The van der Waals surface area contributed by atoms with Crippen molar-refractivity contribution in [1.82, 2.24) is 0 Å². The molecule has 10 unspecified atom stereocenters. The molecular weight excluding hydrogens is 688 g/mol. The van der Waals surface area contributed by atoms with Crippen molar-refractivity contribution in [3.8, 4) is 23.0 Å². The Morgan fingerprint density at radius 1 is 0.759 bits per heavy atom. The van der Waals surface area contributed by atoms with Gasteiger partial charge in [0.2, 0.25) is 13.6 Å². The van der Waals surface area contributed by atoms with Crippen LogP contribution in [0.15, 0.2) is 59.7 Å². The zero-order chi connectivity index (χ0) is 37.6. The molecule has 0 spiro atoms. The molecule has 8 aliphatic rings. The number of allylic oxidation sites excluding steroid dienone is 4. The SMILES string of the molecule is CC(=O)OC1(C(C)=O)CCC2C3C=C(C)C4=CC(=O)CCC4(C)C3CCC21C.c1cc2c(cc1C1OCC3C(c4ccc5c(c4)OCO5)OCC13)OCO2. The van der Waals surface area contributed by atoms with Gasteiger partial charge in [0.15, 0.2) is 40.2 Å². The molecule has 10 rings (SSSR count). The summed E-state index contributed by atoms with van der Waals surface area (Å²) in [5.74, 6) is 4.85. The molecule has 4 heterocycles. The smallest absolute Gasteiger partial charge is 0.303 e. The maximum Gasteiger partial charge on any atom is 0.303 e. The van der Waals surface area contributed by atoms with Gasteiger partial charge in [-0.05, 0) is 116 Å². The van der Waals surface area contributed by atoms with Crippen molar-refractivity contribution >= 4 is 17.5 Å². The highest BCUT2D eigenvalue weighted by atomic mass is 16.7. The molecule has 54 heavy (non-hydrogen) atoms. The highest BCUT2D eigenvalue weighted by Gasteiger charge is 2.67. The predicted octanol–water partition coefficient (Wildman–Crippen LogP) is 7.79. The van der Waals surface area contributed by atoms with Crippen LogP contribution in [0, 0.1) is 40.4 Å². The first-order valence-electron chi connectivity index (χ1n) is 19.6. The van der Waals surface area contributed by atoms with E-state index in [0.29, 0.717) is 55.6 Å². The Morgan fingerprint density at radius 2 is 1.33 bits per heavy atom. The van der Waals surface area contributed by atoms with Gasteiger partial charge in [0.05, 0.1) is 25.4 Å². The third-order valence-electron chi connectivity index (χ3n) is 14.6. The topological polar surface area (TPSA) is 116 Å². The molecule has 2 aromatic carbocycles. The first-order valence-corrected chi connectivity index (χ1v) is 19.6. The molecular formula is C44H50O10. The maximum absolute atomic E-state index is 12.8. The van der Waals surface area contributed by atoms with Gasteiger partial charge in [-0.15, -0.1) is 0 Å². The molecule has 2 saturated heterocycles. The van der Waals surface area contributed by atoms with E-state index in [2.05, 4.69) is 39.0 Å². The second kappa shape index (κ2) is 13.0. The van der Waals surface area contributed by atoms with Gasteiger partial charge in [0.25, 0.3) is 0 Å². The third kappa shape index (κ3) is 5.37. The Morgan fingerprint density at radius 3 is 1.91 bits per heavy atom. The van der Waals surface area contributed by atoms with Crippen molar-refractivity contribution in [2.45, 2.75) is 91.0 Å². The Bertz CT molecular complexity index is 1890. The summed E-state index contributed by atoms with van der Waals surface area (Å²) in [5.41, 5.74) is 3.40. The number of carbonyl (C=O) groups excluding carboxylic acids is 3. The lowest BCUT2D eigenvalue weighted by Crippen LogP contribution is -2.58. The molecule has 286 valence electrons. The number of ether oxygens (including phenoxy) is 7. The Balaban J connectivity index is 0.000000143. The number of carbonyl (C=O) groups is 3. The third-order valence-corrected chi connectivity index (χ3v) is 14.6. The molecule has 10 nitrogen and oxygen atoms in total. The van der Waals surface area contributed by atoms with Crippen LogP contribution in [0.25, 0.3) is 0 Å². The minimum absolute atomic E-state index is 0.0160. The number of hydrogen-bond acceptors (Lipinski definition) is 10. The Kier molecular flexibility index (Phi) is 8.54. The van der Waals surface area contributed by atoms with Gasteiger partial charge in [-0.3, -0.25) is 14.4 Å². The summed E-state index contributed by atoms with van der Waals surface area (Å²) in [4.78, 5) is 36.8. The molecule has 0 aromatic heterocycles. The Labute approximate surface area is 316 Å². The van der Waals surface area contributed by atoms with Gasteiger partial charge < -0.3 is 33.2 Å². The maximum atomic E-state index is 12.8. The molecule has 10 atom stereocenters. The molecule has 4 aliphatic carbocycles. The number of hydrogen-bond donors (Lipinski definition) is 0. The van der Waals surface area contributed by atoms with E-state index in [1.54, 1.807) is 6.92 Å². The van der Waals surface area contributed by atoms with Crippen molar-refractivity contribution in [3.05, 3.63) is 70.8 Å². The lowest BCUT2D eigenvalue weighted by molar-refractivity contribution is -0.185. The molecule has 2 saturated carbocycles. The zero-order valence-corrected chi connectivity index (χ0v) is 31.8. The number of rotatable bonds is 4. The quantitative estimate of drug-likeness (QED) is 0.288. The van der Waals surface area contributed by atoms with Crippen LogP contribution in [-0.4, -0.2) is 49.9 Å². The van der Waals surface area contributed by atoms with Crippen molar-refractivity contribution < 1.29 is 47.5 Å². The second-order valence-corrected chi connectivity index (χ2v) is 17.1. The van der Waals surface area contributed by atoms with Gasteiger partial charge in [0.1, 0.15) is 0 Å². The van der Waals surface area contributed by atoms with E-state index in [0.717, 1.165) is 59.8 Å². The van der Waals surface area contributed by atoms with Gasteiger partial charge >= 0.3 is 5.97 Å². The monoisotopic (exact) mass is 738 g/mol. The van der Waals surface area contributed by atoms with Crippen LogP contribution >= 0.6 is 0 Å². The second-order valence-electron chi connectivity index (χ2n) is 17.1. The van der Waals surface area contributed by atoms with Crippen molar-refractivity contribution in [2.24, 2.45) is 40.4 Å². The normalized spacial score (nSPS) is 37.9. The van der Waals surface area contributed by atoms with Crippen LogP contribution in [-0.2, 0) is 28.6 Å². The lowest BCUT2D eigenvalue weighted by atomic mass is 9.47. The summed E-state index contributed by atoms with van der Waals surface area (Å²) in [6.07, 6.45) is 9.24. The molecule has 10 heteroatoms. The van der Waals surface area contributed by atoms with Crippen molar-refractivity contribution in [1.29, 1.82) is 0 Å². The first kappa shape index (κ1) is 35.5. The minimum atomic E-state index is -0.990. The van der Waals surface area contributed by atoms with Crippen LogP contribution in [0.3, 0.4) is 0 Å². The van der Waals surface area contributed by atoms with Crippen molar-refractivity contribution in [2.75, 3.05) is 26.8 Å². The average molecular weight is 739 g/mol.